The predicted octanol–water partition coefficient (Wildman–Crippen LogP) is 2.38. The van der Waals surface area contributed by atoms with E-state index in [0.29, 0.717) is 12.6 Å². The average Bonchev–Trinajstić information content (AvgIpc) is 2.34. The smallest absolute Gasteiger partial charge is 0.224 e. The lowest BCUT2D eigenvalue weighted by Gasteiger charge is -2.41. The van der Waals surface area contributed by atoms with Crippen LogP contribution >= 0.6 is 0 Å². The third kappa shape index (κ3) is 6.35. The maximum atomic E-state index is 12.4. The number of likely N-dealkylation sites (tertiary alicyclic amines) is 1. The number of carbonyl (C=O) groups is 1. The van der Waals surface area contributed by atoms with E-state index >= 15 is 0 Å². The molecular formula is C17H35N3O. The van der Waals surface area contributed by atoms with Crippen molar-refractivity contribution in [3.63, 3.8) is 0 Å². The van der Waals surface area contributed by atoms with E-state index in [4.69, 9.17) is 5.73 Å². The lowest BCUT2D eigenvalue weighted by atomic mass is 9.84. The Morgan fingerprint density at radius 3 is 2.10 bits per heavy atom. The average molecular weight is 297 g/mol. The molecule has 21 heavy (non-hydrogen) atoms. The molecule has 1 fully saturated rings. The van der Waals surface area contributed by atoms with Crippen LogP contribution in [0.5, 0.6) is 0 Å². The summed E-state index contributed by atoms with van der Waals surface area (Å²) in [7, 11) is 0. The van der Waals surface area contributed by atoms with E-state index in [1.54, 1.807) is 0 Å². The maximum Gasteiger partial charge on any atom is 0.224 e. The molecule has 0 saturated carbocycles. The zero-order chi connectivity index (χ0) is 16.3. The van der Waals surface area contributed by atoms with E-state index in [-0.39, 0.29) is 22.8 Å². The number of nitrogens with two attached hydrogens (primary N) is 1. The van der Waals surface area contributed by atoms with Crippen LogP contribution in [0.15, 0.2) is 0 Å². The van der Waals surface area contributed by atoms with Crippen molar-refractivity contribution in [2.75, 3.05) is 19.6 Å². The van der Waals surface area contributed by atoms with Gasteiger partial charge in [0, 0.05) is 31.2 Å². The van der Waals surface area contributed by atoms with E-state index in [2.05, 4.69) is 51.8 Å². The summed E-state index contributed by atoms with van der Waals surface area (Å²) in [6.07, 6.45) is 2.92. The number of nitrogens with zero attached hydrogens (tertiary/aromatic N) is 1. The van der Waals surface area contributed by atoms with Gasteiger partial charge in [0.1, 0.15) is 0 Å². The van der Waals surface area contributed by atoms with Gasteiger partial charge >= 0.3 is 0 Å². The summed E-state index contributed by atoms with van der Waals surface area (Å²) in [6.45, 7) is 15.8. The van der Waals surface area contributed by atoms with E-state index in [0.717, 1.165) is 32.4 Å². The minimum atomic E-state index is -0.0642. The molecule has 0 aliphatic carbocycles. The van der Waals surface area contributed by atoms with Crippen LogP contribution in [-0.2, 0) is 4.79 Å². The van der Waals surface area contributed by atoms with Gasteiger partial charge in [0.2, 0.25) is 5.91 Å². The molecule has 0 radical (unpaired) electrons. The standard InChI is InChI=1S/C17H35N3O/c1-16(2,3)11-13(12-18)15(21)19-14-7-9-20(10-8-14)17(4,5)6/h13-14H,7-12,18H2,1-6H3,(H,19,21). The van der Waals surface area contributed by atoms with Gasteiger partial charge in [-0.1, -0.05) is 20.8 Å². The van der Waals surface area contributed by atoms with Crippen molar-refractivity contribution in [1.29, 1.82) is 0 Å². The summed E-state index contributed by atoms with van der Waals surface area (Å²) in [5, 5.41) is 3.22. The molecule has 1 heterocycles. The van der Waals surface area contributed by atoms with Crippen LogP contribution in [0.1, 0.15) is 60.8 Å². The SMILES string of the molecule is CC(C)(C)CC(CN)C(=O)NC1CCN(C(C)(C)C)CC1. The molecule has 0 bridgehead atoms. The fraction of sp³-hybridized carbons (Fsp3) is 0.941. The quantitative estimate of drug-likeness (QED) is 0.837. The van der Waals surface area contributed by atoms with Crippen molar-refractivity contribution >= 4 is 5.91 Å². The maximum absolute atomic E-state index is 12.4. The van der Waals surface area contributed by atoms with E-state index < -0.39 is 0 Å². The first-order valence-electron chi connectivity index (χ1n) is 8.28. The van der Waals surface area contributed by atoms with Gasteiger partial charge < -0.3 is 11.1 Å². The Bertz CT molecular complexity index is 333. The molecule has 0 aromatic carbocycles. The molecule has 1 aliphatic heterocycles. The minimum absolute atomic E-state index is 0.0642. The number of nitrogens with one attached hydrogen (secondary N) is 1. The Hall–Kier alpha value is -0.610. The summed E-state index contributed by atoms with van der Waals surface area (Å²) < 4.78 is 0. The molecule has 0 aromatic heterocycles. The van der Waals surface area contributed by atoms with E-state index in [1.807, 2.05) is 0 Å². The highest BCUT2D eigenvalue weighted by Crippen LogP contribution is 2.25. The summed E-state index contributed by atoms with van der Waals surface area (Å²) in [5.74, 6) is 0.0762. The van der Waals surface area contributed by atoms with Crippen molar-refractivity contribution in [1.82, 2.24) is 10.2 Å². The molecule has 4 nitrogen and oxygen atoms in total. The fourth-order valence-electron chi connectivity index (χ4n) is 3.04. The van der Waals surface area contributed by atoms with Crippen LogP contribution in [0, 0.1) is 11.3 Å². The van der Waals surface area contributed by atoms with Crippen molar-refractivity contribution in [2.45, 2.75) is 72.4 Å². The van der Waals surface area contributed by atoms with Crippen molar-refractivity contribution < 1.29 is 4.79 Å². The second-order valence-corrected chi connectivity index (χ2v) is 8.64. The van der Waals surface area contributed by atoms with E-state index in [1.165, 1.54) is 0 Å². The number of piperidine rings is 1. The predicted molar refractivity (Wildman–Crippen MR) is 89.1 cm³/mol. The summed E-state index contributed by atoms with van der Waals surface area (Å²) in [5.41, 5.74) is 6.16. The Kier molecular flexibility index (Phi) is 6.23. The fourth-order valence-corrected chi connectivity index (χ4v) is 3.04. The topological polar surface area (TPSA) is 58.4 Å². The van der Waals surface area contributed by atoms with Crippen LogP contribution < -0.4 is 11.1 Å². The van der Waals surface area contributed by atoms with Crippen molar-refractivity contribution in [3.05, 3.63) is 0 Å². The molecule has 1 amide bonds. The summed E-state index contributed by atoms with van der Waals surface area (Å²) >= 11 is 0. The Labute approximate surface area is 130 Å². The first kappa shape index (κ1) is 18.4. The number of carbonyl (C=O) groups excluding carboxylic acids is 1. The second kappa shape index (κ2) is 7.10. The van der Waals surface area contributed by atoms with Gasteiger partial charge in [0.05, 0.1) is 5.92 Å². The van der Waals surface area contributed by atoms with Gasteiger partial charge in [-0.3, -0.25) is 9.69 Å². The highest BCUT2D eigenvalue weighted by Gasteiger charge is 2.29. The third-order valence-corrected chi connectivity index (χ3v) is 4.30. The zero-order valence-electron chi connectivity index (χ0n) is 14.8. The first-order chi connectivity index (χ1) is 9.53. The molecule has 3 N–H and O–H groups in total. The van der Waals surface area contributed by atoms with Crippen molar-refractivity contribution in [2.24, 2.45) is 17.1 Å². The molecule has 0 spiro atoms. The third-order valence-electron chi connectivity index (χ3n) is 4.30. The number of hydrogen-bond acceptors (Lipinski definition) is 3. The minimum Gasteiger partial charge on any atom is -0.353 e. The molecule has 0 aromatic rings. The van der Waals surface area contributed by atoms with Crippen LogP contribution in [0.25, 0.3) is 0 Å². The number of amides is 1. The van der Waals surface area contributed by atoms with Crippen molar-refractivity contribution in [3.8, 4) is 0 Å². The Morgan fingerprint density at radius 1 is 1.19 bits per heavy atom. The monoisotopic (exact) mass is 297 g/mol. The number of rotatable bonds is 4. The number of hydrogen-bond donors (Lipinski definition) is 2. The molecule has 1 atom stereocenters. The molecular weight excluding hydrogens is 262 g/mol. The molecule has 1 rings (SSSR count). The van der Waals surface area contributed by atoms with Crippen LogP contribution in [-0.4, -0.2) is 42.0 Å². The van der Waals surface area contributed by atoms with Gasteiger partial charge in [-0.25, -0.2) is 0 Å². The van der Waals surface area contributed by atoms with Gasteiger partial charge in [0.25, 0.3) is 0 Å². The van der Waals surface area contributed by atoms with E-state index in [9.17, 15) is 4.79 Å². The second-order valence-electron chi connectivity index (χ2n) is 8.64. The summed E-state index contributed by atoms with van der Waals surface area (Å²) in [4.78, 5) is 14.9. The lowest BCUT2D eigenvalue weighted by Crippen LogP contribution is -2.52. The normalized spacial score (nSPS) is 20.3. The molecule has 1 unspecified atom stereocenters. The molecule has 1 aliphatic rings. The van der Waals surface area contributed by atoms with Gasteiger partial charge in [-0.05, 0) is 45.4 Å². The molecule has 1 saturated heterocycles. The zero-order valence-corrected chi connectivity index (χ0v) is 14.8. The largest absolute Gasteiger partial charge is 0.353 e. The van der Waals surface area contributed by atoms with Crippen LogP contribution in [0.4, 0.5) is 0 Å². The highest BCUT2D eigenvalue weighted by atomic mass is 16.2. The van der Waals surface area contributed by atoms with Crippen LogP contribution in [0.2, 0.25) is 0 Å². The van der Waals surface area contributed by atoms with Gasteiger partial charge in [0.15, 0.2) is 0 Å². The summed E-state index contributed by atoms with van der Waals surface area (Å²) in [6, 6.07) is 0.310. The highest BCUT2D eigenvalue weighted by molar-refractivity contribution is 5.79. The van der Waals surface area contributed by atoms with Gasteiger partial charge in [-0.2, -0.15) is 0 Å². The Morgan fingerprint density at radius 2 is 1.71 bits per heavy atom. The first-order valence-corrected chi connectivity index (χ1v) is 8.28. The lowest BCUT2D eigenvalue weighted by molar-refractivity contribution is -0.126. The molecule has 4 heteroatoms. The molecule has 124 valence electrons. The Balaban J connectivity index is 2.46. The van der Waals surface area contributed by atoms with Crippen LogP contribution in [0.3, 0.4) is 0 Å². The van der Waals surface area contributed by atoms with Gasteiger partial charge in [-0.15, -0.1) is 0 Å².